The van der Waals surface area contributed by atoms with E-state index in [0.717, 1.165) is 11.3 Å². The molecular formula is C11H12OS. The Balaban J connectivity index is 2.64. The van der Waals surface area contributed by atoms with Gasteiger partial charge in [0.25, 0.3) is 0 Å². The minimum Gasteiger partial charge on any atom is -0.464 e. The number of hydrogen-bond acceptors (Lipinski definition) is 2. The Labute approximate surface area is 82.1 Å². The zero-order chi connectivity index (χ0) is 9.26. The van der Waals surface area contributed by atoms with Gasteiger partial charge >= 0.3 is 0 Å². The molecule has 0 aliphatic heterocycles. The average Bonchev–Trinajstić information content (AvgIpc) is 2.51. The van der Waals surface area contributed by atoms with Crippen LogP contribution in [-0.2, 0) is 5.75 Å². The Morgan fingerprint density at radius 2 is 2.23 bits per heavy atom. The first-order valence-corrected chi connectivity index (χ1v) is 5.67. The van der Waals surface area contributed by atoms with Gasteiger partial charge in [-0.05, 0) is 24.8 Å². The summed E-state index contributed by atoms with van der Waals surface area (Å²) < 4.78 is 5.47. The number of hydrogen-bond donors (Lipinski definition) is 0. The van der Waals surface area contributed by atoms with Crippen LogP contribution in [0.4, 0.5) is 0 Å². The molecule has 0 atom stereocenters. The first-order chi connectivity index (χ1) is 6.33. The van der Waals surface area contributed by atoms with Crippen molar-refractivity contribution in [3.05, 3.63) is 35.6 Å². The lowest BCUT2D eigenvalue weighted by molar-refractivity contribution is 0.612. The molecule has 0 amide bonds. The van der Waals surface area contributed by atoms with E-state index in [1.54, 1.807) is 0 Å². The SMILES string of the molecule is CSCc1coc2cccc(C)c12. The molecule has 13 heavy (non-hydrogen) atoms. The van der Waals surface area contributed by atoms with E-state index >= 15 is 0 Å². The van der Waals surface area contributed by atoms with E-state index in [2.05, 4.69) is 19.2 Å². The fraction of sp³-hybridized carbons (Fsp3) is 0.273. The first kappa shape index (κ1) is 8.70. The summed E-state index contributed by atoms with van der Waals surface area (Å²) in [6, 6.07) is 6.18. The van der Waals surface area contributed by atoms with Crippen LogP contribution in [0.5, 0.6) is 0 Å². The third kappa shape index (κ3) is 1.46. The van der Waals surface area contributed by atoms with E-state index in [0.29, 0.717) is 0 Å². The number of aryl methyl sites for hydroxylation is 1. The van der Waals surface area contributed by atoms with Crippen LogP contribution in [0.15, 0.2) is 28.9 Å². The normalized spacial score (nSPS) is 10.9. The van der Waals surface area contributed by atoms with Crippen LogP contribution < -0.4 is 0 Å². The van der Waals surface area contributed by atoms with Crippen LogP contribution in [0.1, 0.15) is 11.1 Å². The lowest BCUT2D eigenvalue weighted by Gasteiger charge is -1.97. The topological polar surface area (TPSA) is 13.1 Å². The van der Waals surface area contributed by atoms with Crippen LogP contribution in [0.2, 0.25) is 0 Å². The maximum atomic E-state index is 5.47. The number of benzene rings is 1. The average molecular weight is 192 g/mol. The van der Waals surface area contributed by atoms with Gasteiger partial charge in [0.2, 0.25) is 0 Å². The zero-order valence-corrected chi connectivity index (χ0v) is 8.65. The molecule has 2 aromatic rings. The summed E-state index contributed by atoms with van der Waals surface area (Å²) in [5, 5.41) is 1.29. The second-order valence-electron chi connectivity index (χ2n) is 3.14. The summed E-state index contributed by atoms with van der Waals surface area (Å²) in [7, 11) is 0. The van der Waals surface area contributed by atoms with Crippen molar-refractivity contribution in [3.8, 4) is 0 Å². The Kier molecular flexibility index (Phi) is 2.32. The number of fused-ring (bicyclic) bond motifs is 1. The number of furan rings is 1. The molecule has 1 nitrogen and oxygen atoms in total. The smallest absolute Gasteiger partial charge is 0.134 e. The second-order valence-corrected chi connectivity index (χ2v) is 4.01. The van der Waals surface area contributed by atoms with Gasteiger partial charge in [-0.15, -0.1) is 0 Å². The van der Waals surface area contributed by atoms with Crippen LogP contribution >= 0.6 is 11.8 Å². The maximum absolute atomic E-state index is 5.47. The second kappa shape index (κ2) is 3.46. The van der Waals surface area contributed by atoms with E-state index in [9.17, 15) is 0 Å². The fourth-order valence-electron chi connectivity index (χ4n) is 1.61. The zero-order valence-electron chi connectivity index (χ0n) is 7.83. The van der Waals surface area contributed by atoms with Gasteiger partial charge in [-0.25, -0.2) is 0 Å². The molecule has 68 valence electrons. The molecule has 1 heterocycles. The summed E-state index contributed by atoms with van der Waals surface area (Å²) in [6.07, 6.45) is 3.98. The van der Waals surface area contributed by atoms with Crippen molar-refractivity contribution < 1.29 is 4.42 Å². The highest BCUT2D eigenvalue weighted by Crippen LogP contribution is 2.26. The lowest BCUT2D eigenvalue weighted by Crippen LogP contribution is -1.79. The molecule has 2 rings (SSSR count). The van der Waals surface area contributed by atoms with Crippen molar-refractivity contribution in [1.29, 1.82) is 0 Å². The predicted octanol–water partition coefficient (Wildman–Crippen LogP) is 3.60. The Bertz CT molecular complexity index is 417. The van der Waals surface area contributed by atoms with Crippen LogP contribution in [-0.4, -0.2) is 6.26 Å². The van der Waals surface area contributed by atoms with E-state index in [4.69, 9.17) is 4.42 Å². The van der Waals surface area contributed by atoms with E-state index < -0.39 is 0 Å². The summed E-state index contributed by atoms with van der Waals surface area (Å²) in [5.74, 6) is 1.03. The van der Waals surface area contributed by atoms with Crippen molar-refractivity contribution in [2.75, 3.05) is 6.26 Å². The van der Waals surface area contributed by atoms with Crippen molar-refractivity contribution in [1.82, 2.24) is 0 Å². The number of thioether (sulfide) groups is 1. The molecule has 0 aliphatic rings. The standard InChI is InChI=1S/C11H12OS/c1-8-4-3-5-10-11(8)9(6-12-10)7-13-2/h3-6H,7H2,1-2H3. The monoisotopic (exact) mass is 192 g/mol. The first-order valence-electron chi connectivity index (χ1n) is 4.27. The van der Waals surface area contributed by atoms with Crippen molar-refractivity contribution in [3.63, 3.8) is 0 Å². The highest BCUT2D eigenvalue weighted by Gasteiger charge is 2.06. The summed E-state index contributed by atoms with van der Waals surface area (Å²) >= 11 is 1.82. The van der Waals surface area contributed by atoms with E-state index in [1.165, 1.54) is 16.5 Å². The van der Waals surface area contributed by atoms with E-state index in [-0.39, 0.29) is 0 Å². The third-order valence-electron chi connectivity index (χ3n) is 2.18. The molecule has 0 saturated carbocycles. The van der Waals surface area contributed by atoms with Gasteiger partial charge < -0.3 is 4.42 Å². The molecular weight excluding hydrogens is 180 g/mol. The minimum absolute atomic E-state index is 1.00. The Morgan fingerprint density at radius 1 is 1.38 bits per heavy atom. The lowest BCUT2D eigenvalue weighted by atomic mass is 10.1. The van der Waals surface area contributed by atoms with Crippen molar-refractivity contribution in [2.45, 2.75) is 12.7 Å². The molecule has 0 spiro atoms. The summed E-state index contributed by atoms with van der Waals surface area (Å²) in [6.45, 7) is 2.13. The molecule has 1 aromatic carbocycles. The molecule has 0 bridgehead atoms. The van der Waals surface area contributed by atoms with Crippen LogP contribution in [0, 0.1) is 6.92 Å². The largest absolute Gasteiger partial charge is 0.464 e. The Hall–Kier alpha value is -0.890. The Morgan fingerprint density at radius 3 is 3.00 bits per heavy atom. The highest BCUT2D eigenvalue weighted by atomic mass is 32.2. The van der Waals surface area contributed by atoms with Crippen molar-refractivity contribution >= 4 is 22.7 Å². The minimum atomic E-state index is 1.00. The quantitative estimate of drug-likeness (QED) is 0.721. The molecule has 1 aromatic heterocycles. The summed E-state index contributed by atoms with van der Waals surface area (Å²) in [5.41, 5.74) is 3.61. The maximum Gasteiger partial charge on any atom is 0.134 e. The van der Waals surface area contributed by atoms with Crippen molar-refractivity contribution in [2.24, 2.45) is 0 Å². The molecule has 0 saturated heterocycles. The van der Waals surface area contributed by atoms with Gasteiger partial charge in [0.1, 0.15) is 5.58 Å². The molecule has 0 aliphatic carbocycles. The highest BCUT2D eigenvalue weighted by molar-refractivity contribution is 7.97. The van der Waals surface area contributed by atoms with Gasteiger partial charge in [0, 0.05) is 16.7 Å². The number of rotatable bonds is 2. The third-order valence-corrected chi connectivity index (χ3v) is 2.78. The molecule has 0 N–H and O–H groups in total. The van der Waals surface area contributed by atoms with Gasteiger partial charge in [0.05, 0.1) is 6.26 Å². The van der Waals surface area contributed by atoms with E-state index in [1.807, 2.05) is 30.2 Å². The van der Waals surface area contributed by atoms with Crippen LogP contribution in [0.3, 0.4) is 0 Å². The van der Waals surface area contributed by atoms with Gasteiger partial charge in [0.15, 0.2) is 0 Å². The molecule has 0 radical (unpaired) electrons. The predicted molar refractivity (Wildman–Crippen MR) is 58.2 cm³/mol. The molecule has 0 unspecified atom stereocenters. The fourth-order valence-corrected chi connectivity index (χ4v) is 2.13. The van der Waals surface area contributed by atoms with Gasteiger partial charge in [-0.3, -0.25) is 0 Å². The molecule has 0 fully saturated rings. The summed E-state index contributed by atoms with van der Waals surface area (Å²) in [4.78, 5) is 0. The molecule has 2 heteroatoms. The van der Waals surface area contributed by atoms with Crippen LogP contribution in [0.25, 0.3) is 11.0 Å². The van der Waals surface area contributed by atoms with Gasteiger partial charge in [-0.2, -0.15) is 11.8 Å². The van der Waals surface area contributed by atoms with Gasteiger partial charge in [-0.1, -0.05) is 12.1 Å².